The van der Waals surface area contributed by atoms with Crippen LogP contribution in [-0.4, -0.2) is 33.5 Å². The molecule has 0 saturated carbocycles. The van der Waals surface area contributed by atoms with Gasteiger partial charge in [0.05, 0.1) is 4.90 Å². The first-order valence-electron chi connectivity index (χ1n) is 9.14. The molecule has 1 atom stereocenters. The Morgan fingerprint density at radius 2 is 1.96 bits per heavy atom. The fourth-order valence-electron chi connectivity index (χ4n) is 2.98. The Kier molecular flexibility index (Phi) is 6.42. The molecule has 8 heteroatoms. The summed E-state index contributed by atoms with van der Waals surface area (Å²) in [6.07, 6.45) is 1.52. The van der Waals surface area contributed by atoms with Crippen LogP contribution in [-0.2, 0) is 21.2 Å². The van der Waals surface area contributed by atoms with Gasteiger partial charge in [0.2, 0.25) is 10.0 Å². The number of hydrogen-bond donors (Lipinski definition) is 1. The molecule has 2 aromatic carbocycles. The van der Waals surface area contributed by atoms with E-state index in [1.54, 1.807) is 17.0 Å². The molecule has 6 nitrogen and oxygen atoms in total. The quantitative estimate of drug-likeness (QED) is 0.677. The highest BCUT2D eigenvalue weighted by Crippen LogP contribution is 2.30. The van der Waals surface area contributed by atoms with Crippen LogP contribution >= 0.6 is 15.9 Å². The molecule has 0 bridgehead atoms. The summed E-state index contributed by atoms with van der Waals surface area (Å²) >= 11 is 3.44. The average Bonchev–Trinajstić information content (AvgIpc) is 3.09. The monoisotopic (exact) mass is 466 g/mol. The van der Waals surface area contributed by atoms with Crippen LogP contribution in [0.2, 0.25) is 0 Å². The van der Waals surface area contributed by atoms with Gasteiger partial charge in [-0.15, -0.1) is 0 Å². The van der Waals surface area contributed by atoms with E-state index in [1.165, 1.54) is 12.1 Å². The lowest BCUT2D eigenvalue weighted by Crippen LogP contribution is -2.33. The number of halogens is 1. The number of nitrogens with zero attached hydrogens (tertiary/aromatic N) is 1. The number of ether oxygens (including phenoxy) is 1. The zero-order valence-corrected chi connectivity index (χ0v) is 18.2. The van der Waals surface area contributed by atoms with E-state index in [-0.39, 0.29) is 23.5 Å². The van der Waals surface area contributed by atoms with E-state index in [0.29, 0.717) is 18.7 Å². The number of fused-ring (bicyclic) bond motifs is 1. The Labute approximate surface area is 174 Å². The highest BCUT2D eigenvalue weighted by Gasteiger charge is 2.25. The molecule has 1 aliphatic heterocycles. The summed E-state index contributed by atoms with van der Waals surface area (Å²) in [6, 6.07) is 11.8. The molecule has 0 aromatic heterocycles. The van der Waals surface area contributed by atoms with Gasteiger partial charge in [-0.25, -0.2) is 13.1 Å². The van der Waals surface area contributed by atoms with Crippen LogP contribution in [0.1, 0.15) is 25.8 Å². The highest BCUT2D eigenvalue weighted by atomic mass is 79.9. The molecule has 0 fully saturated rings. The van der Waals surface area contributed by atoms with Crippen molar-refractivity contribution in [3.05, 3.63) is 52.5 Å². The predicted molar refractivity (Wildman–Crippen MR) is 112 cm³/mol. The zero-order valence-electron chi connectivity index (χ0n) is 15.8. The third kappa shape index (κ3) is 4.74. The van der Waals surface area contributed by atoms with Gasteiger partial charge in [-0.05, 0) is 67.8 Å². The number of amides is 1. The molecule has 1 amide bonds. The maximum Gasteiger partial charge on any atom is 0.264 e. The number of carbonyl (C=O) groups excluding carboxylic acids is 1. The number of rotatable bonds is 7. The summed E-state index contributed by atoms with van der Waals surface area (Å²) in [4.78, 5) is 14.4. The smallest absolute Gasteiger partial charge is 0.264 e. The molecule has 0 saturated heterocycles. The Morgan fingerprint density at radius 3 is 2.64 bits per heavy atom. The summed E-state index contributed by atoms with van der Waals surface area (Å²) < 4.78 is 33.7. The summed E-state index contributed by atoms with van der Waals surface area (Å²) in [5.74, 6) is 0.322. The van der Waals surface area contributed by atoms with Crippen molar-refractivity contribution in [2.45, 2.75) is 37.6 Å². The van der Waals surface area contributed by atoms with Crippen molar-refractivity contribution >= 4 is 37.5 Å². The molecular weight excluding hydrogens is 444 g/mol. The van der Waals surface area contributed by atoms with Gasteiger partial charge in [-0.3, -0.25) is 4.79 Å². The molecule has 0 aliphatic carbocycles. The van der Waals surface area contributed by atoms with Crippen molar-refractivity contribution in [2.24, 2.45) is 0 Å². The standard InChI is InChI=1S/C20H23BrN2O4S/c1-3-14(2)22-28(25,26)18-7-5-17(6-8-18)27-13-20(24)23-11-10-15-12-16(21)4-9-19(15)23/h4-9,12,14,22H,3,10-11,13H2,1-2H3. The normalized spacial score (nSPS) is 14.6. The van der Waals surface area contributed by atoms with Crippen LogP contribution in [0.25, 0.3) is 0 Å². The van der Waals surface area contributed by atoms with Gasteiger partial charge < -0.3 is 9.64 Å². The van der Waals surface area contributed by atoms with E-state index in [2.05, 4.69) is 20.7 Å². The van der Waals surface area contributed by atoms with E-state index in [0.717, 1.165) is 22.1 Å². The Balaban J connectivity index is 1.61. The van der Waals surface area contributed by atoms with E-state index in [9.17, 15) is 13.2 Å². The third-order valence-corrected chi connectivity index (χ3v) is 6.80. The van der Waals surface area contributed by atoms with Crippen LogP contribution in [0, 0.1) is 0 Å². The zero-order chi connectivity index (χ0) is 20.3. The lowest BCUT2D eigenvalue weighted by Gasteiger charge is -2.18. The second-order valence-corrected chi connectivity index (χ2v) is 9.39. The number of nitrogens with one attached hydrogen (secondary N) is 1. The Morgan fingerprint density at radius 1 is 1.25 bits per heavy atom. The van der Waals surface area contributed by atoms with E-state index in [1.807, 2.05) is 32.0 Å². The van der Waals surface area contributed by atoms with Crippen LogP contribution in [0.15, 0.2) is 51.8 Å². The molecule has 28 heavy (non-hydrogen) atoms. The summed E-state index contributed by atoms with van der Waals surface area (Å²) in [5, 5.41) is 0. The number of anilines is 1. The lowest BCUT2D eigenvalue weighted by atomic mass is 10.2. The van der Waals surface area contributed by atoms with Gasteiger partial charge in [0, 0.05) is 22.7 Å². The molecule has 1 heterocycles. The second kappa shape index (κ2) is 8.63. The molecule has 3 rings (SSSR count). The van der Waals surface area contributed by atoms with Crippen LogP contribution in [0.3, 0.4) is 0 Å². The van der Waals surface area contributed by atoms with Crippen LogP contribution in [0.5, 0.6) is 5.75 Å². The summed E-state index contributed by atoms with van der Waals surface area (Å²) in [5.41, 5.74) is 2.04. The number of hydrogen-bond acceptors (Lipinski definition) is 4. The molecule has 2 aromatic rings. The fourth-order valence-corrected chi connectivity index (χ4v) is 4.72. The van der Waals surface area contributed by atoms with Crippen molar-refractivity contribution in [1.29, 1.82) is 0 Å². The summed E-state index contributed by atoms with van der Waals surface area (Å²) in [6.45, 7) is 4.26. The SMILES string of the molecule is CCC(C)NS(=O)(=O)c1ccc(OCC(=O)N2CCc3cc(Br)ccc32)cc1. The molecule has 150 valence electrons. The first kappa shape index (κ1) is 20.8. The topological polar surface area (TPSA) is 75.7 Å². The van der Waals surface area contributed by atoms with Crippen molar-refractivity contribution in [1.82, 2.24) is 4.72 Å². The average molecular weight is 467 g/mol. The molecule has 0 radical (unpaired) electrons. The van der Waals surface area contributed by atoms with Gasteiger partial charge >= 0.3 is 0 Å². The molecular formula is C20H23BrN2O4S. The molecule has 1 aliphatic rings. The molecule has 1 N–H and O–H groups in total. The third-order valence-electron chi connectivity index (χ3n) is 4.70. The van der Waals surface area contributed by atoms with E-state index in [4.69, 9.17) is 4.74 Å². The van der Waals surface area contributed by atoms with Crippen LogP contribution in [0.4, 0.5) is 5.69 Å². The minimum Gasteiger partial charge on any atom is -0.484 e. The maximum absolute atomic E-state index is 12.5. The van der Waals surface area contributed by atoms with Gasteiger partial charge in [-0.1, -0.05) is 22.9 Å². The van der Waals surface area contributed by atoms with E-state index >= 15 is 0 Å². The van der Waals surface area contributed by atoms with Crippen molar-refractivity contribution in [3.8, 4) is 5.75 Å². The number of benzene rings is 2. The lowest BCUT2D eigenvalue weighted by molar-refractivity contribution is -0.120. The maximum atomic E-state index is 12.5. The minimum atomic E-state index is -3.55. The first-order chi connectivity index (χ1) is 13.3. The van der Waals surface area contributed by atoms with Gasteiger partial charge in [0.15, 0.2) is 6.61 Å². The van der Waals surface area contributed by atoms with Gasteiger partial charge in [0.1, 0.15) is 5.75 Å². The Hall–Kier alpha value is -1.90. The number of sulfonamides is 1. The van der Waals surface area contributed by atoms with Crippen molar-refractivity contribution in [2.75, 3.05) is 18.1 Å². The largest absolute Gasteiger partial charge is 0.484 e. The van der Waals surface area contributed by atoms with E-state index < -0.39 is 10.0 Å². The molecule has 1 unspecified atom stereocenters. The highest BCUT2D eigenvalue weighted by molar-refractivity contribution is 9.10. The first-order valence-corrected chi connectivity index (χ1v) is 11.4. The van der Waals surface area contributed by atoms with Crippen LogP contribution < -0.4 is 14.4 Å². The van der Waals surface area contributed by atoms with Crippen molar-refractivity contribution < 1.29 is 17.9 Å². The van der Waals surface area contributed by atoms with Gasteiger partial charge in [-0.2, -0.15) is 0 Å². The Bertz CT molecular complexity index is 961. The van der Waals surface area contributed by atoms with Gasteiger partial charge in [0.25, 0.3) is 5.91 Å². The summed E-state index contributed by atoms with van der Waals surface area (Å²) in [7, 11) is -3.55. The second-order valence-electron chi connectivity index (χ2n) is 6.76. The number of carbonyl (C=O) groups is 1. The minimum absolute atomic E-state index is 0.104. The van der Waals surface area contributed by atoms with Crippen molar-refractivity contribution in [3.63, 3.8) is 0 Å². The molecule has 0 spiro atoms. The fraction of sp³-hybridized carbons (Fsp3) is 0.350. The predicted octanol–water partition coefficient (Wildman–Crippen LogP) is 3.49.